The molecule has 1 atom stereocenters. The van der Waals surface area contributed by atoms with Crippen LogP contribution in [0.3, 0.4) is 0 Å². The van der Waals surface area contributed by atoms with Gasteiger partial charge in [0.2, 0.25) is 5.91 Å². The number of primary amides is 1. The maximum Gasteiger partial charge on any atom is 0.245 e. The van der Waals surface area contributed by atoms with E-state index in [1.165, 1.54) is 10.9 Å². The number of H-pyrrole nitrogens is 1. The molecule has 3 rings (SSSR count). The molecule has 0 saturated carbocycles. The highest BCUT2D eigenvalue weighted by molar-refractivity contribution is 5.85. The number of nitrogens with one attached hydrogen (secondary N) is 2. The van der Waals surface area contributed by atoms with Crippen molar-refractivity contribution in [2.75, 3.05) is 6.61 Å². The van der Waals surface area contributed by atoms with Gasteiger partial charge in [0.1, 0.15) is 6.61 Å². The van der Waals surface area contributed by atoms with E-state index in [1.807, 2.05) is 6.07 Å². The zero-order valence-corrected chi connectivity index (χ0v) is 10.6. The average molecular weight is 259 g/mol. The van der Waals surface area contributed by atoms with Gasteiger partial charge in [-0.1, -0.05) is 18.2 Å². The number of benzene rings is 1. The van der Waals surface area contributed by atoms with Crippen LogP contribution in [0.4, 0.5) is 0 Å². The first kappa shape index (κ1) is 12.2. The molecule has 1 amide bonds. The summed E-state index contributed by atoms with van der Waals surface area (Å²) in [5.74, 6) is -0.472. The van der Waals surface area contributed by atoms with Crippen LogP contribution in [-0.2, 0) is 16.1 Å². The molecule has 1 aromatic heterocycles. The van der Waals surface area contributed by atoms with Gasteiger partial charge in [-0.15, -0.1) is 0 Å². The van der Waals surface area contributed by atoms with Gasteiger partial charge >= 0.3 is 0 Å². The van der Waals surface area contributed by atoms with Crippen molar-refractivity contribution in [2.45, 2.75) is 25.3 Å². The summed E-state index contributed by atoms with van der Waals surface area (Å²) in [6, 6.07) is 8.38. The van der Waals surface area contributed by atoms with Gasteiger partial charge in [-0.3, -0.25) is 9.63 Å². The second-order valence-electron chi connectivity index (χ2n) is 4.88. The third-order valence-corrected chi connectivity index (χ3v) is 3.55. The number of fused-ring (bicyclic) bond motifs is 3. The Balaban J connectivity index is 1.85. The average Bonchev–Trinajstić information content (AvgIpc) is 2.78. The number of hydrogen-bond acceptors (Lipinski definition) is 3. The molecule has 5 heteroatoms. The summed E-state index contributed by atoms with van der Waals surface area (Å²) < 4.78 is 0. The molecular formula is C14H17N3O2. The Labute approximate surface area is 111 Å². The van der Waals surface area contributed by atoms with Crippen LogP contribution in [0, 0.1) is 0 Å². The second-order valence-corrected chi connectivity index (χ2v) is 4.88. The minimum atomic E-state index is -0.472. The number of hydrogen-bond donors (Lipinski definition) is 3. The number of aromatic nitrogens is 1. The molecule has 0 spiro atoms. The molecule has 1 unspecified atom stereocenters. The van der Waals surface area contributed by atoms with Crippen molar-refractivity contribution >= 4 is 16.8 Å². The largest absolute Gasteiger partial charge is 0.368 e. The number of nitrogens with two attached hydrogens (primary N) is 1. The van der Waals surface area contributed by atoms with Crippen LogP contribution in [0.2, 0.25) is 0 Å². The minimum Gasteiger partial charge on any atom is -0.368 e. The molecule has 100 valence electrons. The Morgan fingerprint density at radius 1 is 1.47 bits per heavy atom. The summed E-state index contributed by atoms with van der Waals surface area (Å²) in [6.45, 7) is -0.105. The summed E-state index contributed by atoms with van der Waals surface area (Å²) in [5, 5.41) is 1.28. The Hall–Kier alpha value is -1.85. The van der Waals surface area contributed by atoms with Gasteiger partial charge in [0.05, 0.1) is 6.04 Å². The van der Waals surface area contributed by atoms with Crippen LogP contribution in [0.5, 0.6) is 0 Å². The lowest BCUT2D eigenvalue weighted by Crippen LogP contribution is -2.29. The third-order valence-electron chi connectivity index (χ3n) is 3.55. The highest BCUT2D eigenvalue weighted by Gasteiger charge is 2.24. The predicted octanol–water partition coefficient (Wildman–Crippen LogP) is 1.55. The molecule has 0 aliphatic heterocycles. The maximum absolute atomic E-state index is 10.7. The second kappa shape index (κ2) is 5.03. The first-order valence-electron chi connectivity index (χ1n) is 6.51. The Morgan fingerprint density at radius 2 is 2.32 bits per heavy atom. The van der Waals surface area contributed by atoms with Crippen LogP contribution in [-0.4, -0.2) is 17.5 Å². The van der Waals surface area contributed by atoms with Crippen LogP contribution < -0.4 is 11.2 Å². The van der Waals surface area contributed by atoms with E-state index in [9.17, 15) is 4.79 Å². The molecule has 19 heavy (non-hydrogen) atoms. The van der Waals surface area contributed by atoms with Gasteiger partial charge in [0.25, 0.3) is 0 Å². The number of carbonyl (C=O) groups excluding carboxylic acids is 1. The Bertz CT molecular complexity index is 606. The fourth-order valence-corrected chi connectivity index (χ4v) is 2.75. The monoisotopic (exact) mass is 259 g/mol. The topological polar surface area (TPSA) is 80.1 Å². The number of amides is 1. The first-order valence-corrected chi connectivity index (χ1v) is 6.51. The molecule has 0 saturated heterocycles. The number of carbonyl (C=O) groups is 1. The van der Waals surface area contributed by atoms with E-state index in [2.05, 4.69) is 28.7 Å². The van der Waals surface area contributed by atoms with Crippen molar-refractivity contribution in [3.05, 3.63) is 35.5 Å². The van der Waals surface area contributed by atoms with E-state index in [0.29, 0.717) is 0 Å². The molecule has 0 fully saturated rings. The van der Waals surface area contributed by atoms with Crippen molar-refractivity contribution in [1.82, 2.24) is 10.5 Å². The number of rotatable bonds is 4. The van der Waals surface area contributed by atoms with Gasteiger partial charge in [-0.25, -0.2) is 0 Å². The van der Waals surface area contributed by atoms with Crippen molar-refractivity contribution in [3.8, 4) is 0 Å². The van der Waals surface area contributed by atoms with E-state index in [1.54, 1.807) is 0 Å². The van der Waals surface area contributed by atoms with E-state index in [0.717, 1.165) is 30.5 Å². The molecule has 1 heterocycles. The van der Waals surface area contributed by atoms with Crippen LogP contribution in [0.1, 0.15) is 30.1 Å². The van der Waals surface area contributed by atoms with Gasteiger partial charge in [0, 0.05) is 16.6 Å². The lowest BCUT2D eigenvalue weighted by molar-refractivity contribution is -0.126. The number of aromatic amines is 1. The summed E-state index contributed by atoms with van der Waals surface area (Å²) >= 11 is 0. The van der Waals surface area contributed by atoms with Crippen LogP contribution in [0.25, 0.3) is 10.9 Å². The SMILES string of the molecule is NC(=O)CONC1CCCc2c1[nH]c1ccccc21. The smallest absolute Gasteiger partial charge is 0.245 e. The lowest BCUT2D eigenvalue weighted by Gasteiger charge is -2.23. The predicted molar refractivity (Wildman–Crippen MR) is 72.3 cm³/mol. The molecule has 0 radical (unpaired) electrons. The number of aryl methyl sites for hydroxylation is 1. The molecule has 0 bridgehead atoms. The minimum absolute atomic E-state index is 0.0931. The van der Waals surface area contributed by atoms with Crippen LogP contribution in [0.15, 0.2) is 24.3 Å². The van der Waals surface area contributed by atoms with Crippen molar-refractivity contribution < 1.29 is 9.63 Å². The quantitative estimate of drug-likeness (QED) is 0.729. The summed E-state index contributed by atoms with van der Waals surface area (Å²) in [5.41, 5.74) is 11.7. The number of hydroxylamine groups is 1. The fourth-order valence-electron chi connectivity index (χ4n) is 2.75. The zero-order chi connectivity index (χ0) is 13.2. The zero-order valence-electron chi connectivity index (χ0n) is 10.6. The van der Waals surface area contributed by atoms with E-state index >= 15 is 0 Å². The molecule has 1 aliphatic carbocycles. The van der Waals surface area contributed by atoms with Crippen LogP contribution >= 0.6 is 0 Å². The highest BCUT2D eigenvalue weighted by Crippen LogP contribution is 2.34. The Morgan fingerprint density at radius 3 is 3.16 bits per heavy atom. The molecule has 5 nitrogen and oxygen atoms in total. The standard InChI is InChI=1S/C14H17N3O2/c15-13(18)8-19-17-12-7-3-5-10-9-4-1-2-6-11(9)16-14(10)12/h1-2,4,6,12,16-17H,3,5,7-8H2,(H2,15,18). The van der Waals surface area contributed by atoms with Gasteiger partial charge < -0.3 is 10.7 Å². The van der Waals surface area contributed by atoms with Gasteiger partial charge in [0.15, 0.2) is 0 Å². The lowest BCUT2D eigenvalue weighted by atomic mass is 9.92. The highest BCUT2D eigenvalue weighted by atomic mass is 16.6. The van der Waals surface area contributed by atoms with Gasteiger partial charge in [-0.05, 0) is 30.9 Å². The molecule has 2 aromatic rings. The Kier molecular flexibility index (Phi) is 3.23. The number of para-hydroxylation sites is 1. The van der Waals surface area contributed by atoms with E-state index in [4.69, 9.17) is 10.6 Å². The summed E-state index contributed by atoms with van der Waals surface area (Å²) in [4.78, 5) is 19.3. The normalized spacial score (nSPS) is 18.4. The molecule has 1 aliphatic rings. The third kappa shape index (κ3) is 2.34. The molecular weight excluding hydrogens is 242 g/mol. The van der Waals surface area contributed by atoms with Gasteiger partial charge in [-0.2, -0.15) is 5.48 Å². The fraction of sp³-hybridized carbons (Fsp3) is 0.357. The molecule has 1 aromatic carbocycles. The van der Waals surface area contributed by atoms with Crippen molar-refractivity contribution in [2.24, 2.45) is 5.73 Å². The summed E-state index contributed by atoms with van der Waals surface area (Å²) in [7, 11) is 0. The van der Waals surface area contributed by atoms with Crippen molar-refractivity contribution in [1.29, 1.82) is 0 Å². The summed E-state index contributed by atoms with van der Waals surface area (Å²) in [6.07, 6.45) is 3.17. The molecule has 4 N–H and O–H groups in total. The van der Waals surface area contributed by atoms with E-state index in [-0.39, 0.29) is 12.6 Å². The van der Waals surface area contributed by atoms with E-state index < -0.39 is 5.91 Å². The first-order chi connectivity index (χ1) is 9.25. The van der Waals surface area contributed by atoms with Crippen molar-refractivity contribution in [3.63, 3.8) is 0 Å². The maximum atomic E-state index is 10.7.